The molecular weight excluding hydrogens is 388 g/mol. The lowest BCUT2D eigenvalue weighted by molar-refractivity contribution is 0.102. The number of pyridine rings is 1. The molecule has 0 aliphatic carbocycles. The number of hydrogen-bond acceptors (Lipinski definition) is 4. The van der Waals surface area contributed by atoms with E-state index in [1.165, 1.54) is 5.56 Å². The van der Waals surface area contributed by atoms with Gasteiger partial charge in [-0.05, 0) is 37.6 Å². The third-order valence-corrected chi connectivity index (χ3v) is 4.87. The molecule has 3 heterocycles. The van der Waals surface area contributed by atoms with Crippen LogP contribution in [0.5, 0.6) is 0 Å². The van der Waals surface area contributed by atoms with Gasteiger partial charge in [0.1, 0.15) is 5.15 Å². The summed E-state index contributed by atoms with van der Waals surface area (Å²) in [7, 11) is 0. The molecule has 29 heavy (non-hydrogen) atoms. The van der Waals surface area contributed by atoms with Crippen LogP contribution in [-0.2, 0) is 6.54 Å². The van der Waals surface area contributed by atoms with E-state index in [9.17, 15) is 4.79 Å². The third kappa shape index (κ3) is 4.05. The number of anilines is 1. The highest BCUT2D eigenvalue weighted by Crippen LogP contribution is 2.22. The Labute approximate surface area is 173 Å². The van der Waals surface area contributed by atoms with Crippen LogP contribution < -0.4 is 5.32 Å². The van der Waals surface area contributed by atoms with Crippen LogP contribution in [0.2, 0.25) is 5.15 Å². The molecule has 4 rings (SSSR count). The highest BCUT2D eigenvalue weighted by molar-refractivity contribution is 6.33. The van der Waals surface area contributed by atoms with E-state index in [0.717, 1.165) is 5.56 Å². The number of nitrogens with one attached hydrogen (secondary N) is 1. The first-order valence-electron chi connectivity index (χ1n) is 9.07. The third-order valence-electron chi connectivity index (χ3n) is 4.49. The van der Waals surface area contributed by atoms with Gasteiger partial charge in [-0.25, -0.2) is 14.3 Å². The van der Waals surface area contributed by atoms with Crippen molar-refractivity contribution in [2.45, 2.75) is 20.4 Å². The van der Waals surface area contributed by atoms with Crippen molar-refractivity contribution in [2.75, 3.05) is 5.32 Å². The van der Waals surface area contributed by atoms with Gasteiger partial charge in [-0.15, -0.1) is 0 Å². The smallest absolute Gasteiger partial charge is 0.260 e. The topological polar surface area (TPSA) is 77.6 Å². The maximum absolute atomic E-state index is 12.8. The summed E-state index contributed by atoms with van der Waals surface area (Å²) in [5, 5.41) is 11.7. The summed E-state index contributed by atoms with van der Waals surface area (Å²) in [6, 6.07) is 13.5. The van der Waals surface area contributed by atoms with Crippen LogP contribution in [0.4, 0.5) is 5.69 Å². The van der Waals surface area contributed by atoms with Crippen LogP contribution in [-0.4, -0.2) is 30.5 Å². The van der Waals surface area contributed by atoms with Gasteiger partial charge in [0.15, 0.2) is 5.82 Å². The molecule has 4 aromatic rings. The van der Waals surface area contributed by atoms with Crippen molar-refractivity contribution >= 4 is 23.2 Å². The Balaban J connectivity index is 1.51. The summed E-state index contributed by atoms with van der Waals surface area (Å²) in [5.41, 5.74) is 3.73. The fraction of sp³-hybridized carbons (Fsp3) is 0.143. The van der Waals surface area contributed by atoms with Crippen LogP contribution >= 0.6 is 11.6 Å². The van der Waals surface area contributed by atoms with Gasteiger partial charge in [0.2, 0.25) is 0 Å². The molecule has 3 aromatic heterocycles. The number of benzene rings is 1. The van der Waals surface area contributed by atoms with Crippen molar-refractivity contribution in [3.63, 3.8) is 0 Å². The van der Waals surface area contributed by atoms with E-state index in [0.29, 0.717) is 34.5 Å². The Bertz CT molecular complexity index is 1130. The summed E-state index contributed by atoms with van der Waals surface area (Å²) in [6.45, 7) is 4.30. The first-order valence-corrected chi connectivity index (χ1v) is 9.45. The summed E-state index contributed by atoms with van der Waals surface area (Å²) in [6.07, 6.45) is 5.05. The van der Waals surface area contributed by atoms with E-state index in [1.54, 1.807) is 47.0 Å². The van der Waals surface area contributed by atoms with Crippen molar-refractivity contribution in [1.82, 2.24) is 24.5 Å². The number of aromatic nitrogens is 5. The number of carbonyl (C=O) groups excluding carboxylic acids is 1. The zero-order valence-corrected chi connectivity index (χ0v) is 16.8. The van der Waals surface area contributed by atoms with Gasteiger partial charge in [0, 0.05) is 12.4 Å². The predicted octanol–water partition coefficient (Wildman–Crippen LogP) is 4.03. The SMILES string of the molecule is Cc1ccc(Cn2nc(C)c(C(=O)Nc3ccc(-n4cccn4)nc3)c2Cl)cc1. The van der Waals surface area contributed by atoms with Crippen LogP contribution in [0.3, 0.4) is 0 Å². The normalized spacial score (nSPS) is 10.9. The molecule has 7 nitrogen and oxygen atoms in total. The molecule has 146 valence electrons. The van der Waals surface area contributed by atoms with Crippen LogP contribution in [0.15, 0.2) is 61.1 Å². The summed E-state index contributed by atoms with van der Waals surface area (Å²) in [5.74, 6) is 0.337. The Kier molecular flexibility index (Phi) is 5.14. The number of halogens is 1. The van der Waals surface area contributed by atoms with Gasteiger partial charge < -0.3 is 5.32 Å². The first kappa shape index (κ1) is 18.9. The summed E-state index contributed by atoms with van der Waals surface area (Å²) >= 11 is 6.48. The molecule has 0 unspecified atom stereocenters. The molecule has 1 amide bonds. The maximum atomic E-state index is 12.8. The minimum Gasteiger partial charge on any atom is -0.320 e. The predicted molar refractivity (Wildman–Crippen MR) is 112 cm³/mol. The Morgan fingerprint density at radius 1 is 1.14 bits per heavy atom. The number of rotatable bonds is 5. The number of nitrogens with zero attached hydrogens (tertiary/aromatic N) is 5. The van der Waals surface area contributed by atoms with Crippen molar-refractivity contribution in [1.29, 1.82) is 0 Å². The van der Waals surface area contributed by atoms with Crippen molar-refractivity contribution in [3.05, 3.63) is 88.6 Å². The lowest BCUT2D eigenvalue weighted by atomic mass is 10.1. The van der Waals surface area contributed by atoms with Gasteiger partial charge in [0.05, 0.1) is 29.7 Å². The van der Waals surface area contributed by atoms with Crippen molar-refractivity contribution in [2.24, 2.45) is 0 Å². The molecule has 8 heteroatoms. The molecule has 1 N–H and O–H groups in total. The lowest BCUT2D eigenvalue weighted by Gasteiger charge is -2.07. The van der Waals surface area contributed by atoms with Gasteiger partial charge in [-0.2, -0.15) is 10.2 Å². The standard InChI is InChI=1S/C21H19ClN6O/c1-14-4-6-16(7-5-14)13-28-20(22)19(15(2)26-28)21(29)25-17-8-9-18(23-12-17)27-11-3-10-24-27/h3-12H,13H2,1-2H3,(H,25,29). The molecule has 1 aromatic carbocycles. The molecule has 0 radical (unpaired) electrons. The van der Waals surface area contributed by atoms with E-state index < -0.39 is 0 Å². The van der Waals surface area contributed by atoms with Crippen molar-refractivity contribution in [3.8, 4) is 5.82 Å². The van der Waals surface area contributed by atoms with Gasteiger partial charge >= 0.3 is 0 Å². The summed E-state index contributed by atoms with van der Waals surface area (Å²) < 4.78 is 3.28. The zero-order chi connectivity index (χ0) is 20.4. The van der Waals surface area contributed by atoms with Crippen LogP contribution in [0.1, 0.15) is 27.2 Å². The van der Waals surface area contributed by atoms with E-state index in [2.05, 4.69) is 20.5 Å². The maximum Gasteiger partial charge on any atom is 0.260 e. The molecule has 0 aliphatic heterocycles. The largest absolute Gasteiger partial charge is 0.320 e. The van der Waals surface area contributed by atoms with Gasteiger partial charge in [0.25, 0.3) is 5.91 Å². The summed E-state index contributed by atoms with van der Waals surface area (Å²) in [4.78, 5) is 17.1. The van der Waals surface area contributed by atoms with E-state index >= 15 is 0 Å². The van der Waals surface area contributed by atoms with E-state index in [4.69, 9.17) is 11.6 Å². The average molecular weight is 407 g/mol. The number of hydrogen-bond donors (Lipinski definition) is 1. The molecule has 0 spiro atoms. The molecule has 0 atom stereocenters. The number of amides is 1. The second-order valence-electron chi connectivity index (χ2n) is 6.70. The fourth-order valence-electron chi connectivity index (χ4n) is 2.98. The quantitative estimate of drug-likeness (QED) is 0.542. The van der Waals surface area contributed by atoms with Gasteiger partial charge in [-0.3, -0.25) is 4.79 Å². The van der Waals surface area contributed by atoms with E-state index in [-0.39, 0.29) is 5.91 Å². The molecule has 0 saturated carbocycles. The fourth-order valence-corrected chi connectivity index (χ4v) is 3.30. The highest BCUT2D eigenvalue weighted by Gasteiger charge is 2.20. The van der Waals surface area contributed by atoms with Crippen LogP contribution in [0, 0.1) is 13.8 Å². The minimum absolute atomic E-state index is 0.307. The first-order chi connectivity index (χ1) is 14.0. The van der Waals surface area contributed by atoms with Gasteiger partial charge in [-0.1, -0.05) is 41.4 Å². The second-order valence-corrected chi connectivity index (χ2v) is 7.06. The Hall–Kier alpha value is -3.45. The lowest BCUT2D eigenvalue weighted by Crippen LogP contribution is -2.13. The van der Waals surface area contributed by atoms with Crippen molar-refractivity contribution < 1.29 is 4.79 Å². The molecular formula is C21H19ClN6O. The molecule has 0 aliphatic rings. The zero-order valence-electron chi connectivity index (χ0n) is 16.0. The minimum atomic E-state index is -0.323. The molecule has 0 saturated heterocycles. The highest BCUT2D eigenvalue weighted by atomic mass is 35.5. The van der Waals surface area contributed by atoms with E-state index in [1.807, 2.05) is 37.3 Å². The second kappa shape index (κ2) is 7.89. The monoisotopic (exact) mass is 406 g/mol. The molecule has 0 fully saturated rings. The number of carbonyl (C=O) groups is 1. The average Bonchev–Trinajstić information content (AvgIpc) is 3.33. The van der Waals surface area contributed by atoms with Crippen LogP contribution in [0.25, 0.3) is 5.82 Å². The Morgan fingerprint density at radius 2 is 1.93 bits per heavy atom. The number of aryl methyl sites for hydroxylation is 2. The molecule has 0 bridgehead atoms. The Morgan fingerprint density at radius 3 is 2.59 bits per heavy atom.